The lowest BCUT2D eigenvalue weighted by Crippen LogP contribution is -2.30. The van der Waals surface area contributed by atoms with E-state index in [-0.39, 0.29) is 12.1 Å². The first-order valence-electron chi connectivity index (χ1n) is 8.07. The fourth-order valence-electron chi connectivity index (χ4n) is 2.87. The number of ether oxygens (including phenoxy) is 2. The average molecular weight is 368 g/mol. The highest BCUT2D eigenvalue weighted by Crippen LogP contribution is 2.29. The van der Waals surface area contributed by atoms with Gasteiger partial charge in [0.1, 0.15) is 29.9 Å². The van der Waals surface area contributed by atoms with Crippen molar-refractivity contribution >= 4 is 28.2 Å². The molecule has 27 heavy (non-hydrogen) atoms. The molecule has 0 aliphatic carbocycles. The van der Waals surface area contributed by atoms with Crippen molar-refractivity contribution in [2.45, 2.75) is 6.54 Å². The molecule has 9 nitrogen and oxygen atoms in total. The summed E-state index contributed by atoms with van der Waals surface area (Å²) in [5, 5.41) is 6.79. The number of fused-ring (bicyclic) bond motifs is 3. The van der Waals surface area contributed by atoms with Gasteiger partial charge in [0.2, 0.25) is 5.91 Å². The highest BCUT2D eigenvalue weighted by molar-refractivity contribution is 5.92. The van der Waals surface area contributed by atoms with Crippen LogP contribution in [0.5, 0.6) is 11.5 Å². The minimum absolute atomic E-state index is 0.239. The number of methoxy groups -OCH3 is 2. The van der Waals surface area contributed by atoms with Crippen LogP contribution < -0.4 is 20.3 Å². The van der Waals surface area contributed by atoms with Gasteiger partial charge in [-0.3, -0.25) is 14.0 Å². The zero-order chi connectivity index (χ0) is 19.0. The lowest BCUT2D eigenvalue weighted by atomic mass is 10.2. The summed E-state index contributed by atoms with van der Waals surface area (Å²) >= 11 is 0. The highest BCUT2D eigenvalue weighted by Gasteiger charge is 2.14. The van der Waals surface area contributed by atoms with Gasteiger partial charge in [-0.15, -0.1) is 0 Å². The van der Waals surface area contributed by atoms with Gasteiger partial charge in [0.25, 0.3) is 5.56 Å². The van der Waals surface area contributed by atoms with E-state index in [1.165, 1.54) is 13.4 Å². The third-order valence-electron chi connectivity index (χ3n) is 4.20. The molecule has 0 unspecified atom stereocenters. The van der Waals surface area contributed by atoms with Crippen molar-refractivity contribution < 1.29 is 18.7 Å². The molecule has 0 aliphatic heterocycles. The summed E-state index contributed by atoms with van der Waals surface area (Å²) in [5.41, 5.74) is 1.79. The van der Waals surface area contributed by atoms with Crippen LogP contribution in [0.4, 0.5) is 5.69 Å². The molecule has 9 heteroatoms. The Morgan fingerprint density at radius 2 is 2.04 bits per heavy atom. The standard InChI is InChI=1S/C18H16N4O5/c1-25-11-3-4-12(15(7-11)26-2)20-17(23)9-22-18(24)14-8-16-13(5-6-27-16)21(14)10-19-22/h3-8,10H,9H2,1-2H3,(H,20,23). The molecule has 4 rings (SSSR count). The van der Waals surface area contributed by atoms with Crippen LogP contribution in [-0.2, 0) is 11.3 Å². The Labute approximate surface area is 152 Å². The van der Waals surface area contributed by atoms with Crippen molar-refractivity contribution in [2.75, 3.05) is 19.5 Å². The first-order valence-corrected chi connectivity index (χ1v) is 8.07. The number of nitrogens with zero attached hydrogens (tertiary/aromatic N) is 3. The van der Waals surface area contributed by atoms with Crippen molar-refractivity contribution in [3.05, 3.63) is 53.3 Å². The minimum Gasteiger partial charge on any atom is -0.497 e. The van der Waals surface area contributed by atoms with Gasteiger partial charge in [0.05, 0.1) is 31.7 Å². The van der Waals surface area contributed by atoms with Crippen LogP contribution in [0, 0.1) is 0 Å². The van der Waals surface area contributed by atoms with Gasteiger partial charge in [0, 0.05) is 18.2 Å². The van der Waals surface area contributed by atoms with Crippen LogP contribution in [0.1, 0.15) is 0 Å². The van der Waals surface area contributed by atoms with E-state index in [9.17, 15) is 9.59 Å². The first-order chi connectivity index (χ1) is 13.1. The number of hydrogen-bond donors (Lipinski definition) is 1. The van der Waals surface area contributed by atoms with Crippen LogP contribution in [0.3, 0.4) is 0 Å². The molecule has 0 fully saturated rings. The number of carbonyl (C=O) groups is 1. The summed E-state index contributed by atoms with van der Waals surface area (Å²) in [4.78, 5) is 25.0. The molecule has 3 heterocycles. The van der Waals surface area contributed by atoms with E-state index in [1.54, 1.807) is 48.1 Å². The van der Waals surface area contributed by atoms with E-state index in [0.29, 0.717) is 28.3 Å². The van der Waals surface area contributed by atoms with Gasteiger partial charge in [-0.25, -0.2) is 4.68 Å². The minimum atomic E-state index is -0.410. The van der Waals surface area contributed by atoms with Crippen LogP contribution in [0.15, 0.2) is 52.1 Å². The number of furan rings is 1. The molecular weight excluding hydrogens is 352 g/mol. The normalized spacial score (nSPS) is 11.0. The monoisotopic (exact) mass is 368 g/mol. The van der Waals surface area contributed by atoms with Crippen molar-refractivity contribution in [1.29, 1.82) is 0 Å². The smallest absolute Gasteiger partial charge is 0.291 e. The Hall–Kier alpha value is -3.75. The largest absolute Gasteiger partial charge is 0.497 e. The number of nitrogens with one attached hydrogen (secondary N) is 1. The Morgan fingerprint density at radius 1 is 1.19 bits per heavy atom. The number of amides is 1. The molecule has 0 saturated heterocycles. The van der Waals surface area contributed by atoms with Crippen LogP contribution in [-0.4, -0.2) is 34.3 Å². The Balaban J connectivity index is 1.59. The maximum atomic E-state index is 12.6. The fraction of sp³-hybridized carbons (Fsp3) is 0.167. The summed E-state index contributed by atoms with van der Waals surface area (Å²) in [5.74, 6) is 0.642. The average Bonchev–Trinajstić information content (AvgIpc) is 3.26. The second kappa shape index (κ2) is 6.52. The molecule has 0 spiro atoms. The summed E-state index contributed by atoms with van der Waals surface area (Å²) in [6.45, 7) is -0.239. The quantitative estimate of drug-likeness (QED) is 0.577. The number of aromatic nitrogens is 3. The molecule has 0 saturated carbocycles. The van der Waals surface area contributed by atoms with Crippen molar-refractivity contribution in [3.63, 3.8) is 0 Å². The zero-order valence-corrected chi connectivity index (χ0v) is 14.6. The molecule has 4 aromatic rings. The lowest BCUT2D eigenvalue weighted by molar-refractivity contribution is -0.117. The second-order valence-corrected chi connectivity index (χ2v) is 5.78. The summed E-state index contributed by atoms with van der Waals surface area (Å²) in [6, 6.07) is 8.39. The van der Waals surface area contributed by atoms with E-state index in [0.717, 1.165) is 10.2 Å². The maximum absolute atomic E-state index is 12.6. The third-order valence-corrected chi connectivity index (χ3v) is 4.20. The third kappa shape index (κ3) is 2.88. The Kier molecular flexibility index (Phi) is 4.03. The molecule has 1 N–H and O–H groups in total. The molecule has 1 amide bonds. The number of anilines is 1. The van der Waals surface area contributed by atoms with Crippen molar-refractivity contribution in [3.8, 4) is 11.5 Å². The maximum Gasteiger partial charge on any atom is 0.291 e. The van der Waals surface area contributed by atoms with Gasteiger partial charge in [-0.05, 0) is 12.1 Å². The summed E-state index contributed by atoms with van der Waals surface area (Å²) in [6.07, 6.45) is 3.02. The molecular formula is C18H16N4O5. The Bertz CT molecular complexity index is 1200. The first kappa shape index (κ1) is 16.7. The van der Waals surface area contributed by atoms with Gasteiger partial charge in [0.15, 0.2) is 5.58 Å². The predicted molar refractivity (Wildman–Crippen MR) is 97.4 cm³/mol. The van der Waals surface area contributed by atoms with Crippen LogP contribution in [0.2, 0.25) is 0 Å². The summed E-state index contributed by atoms with van der Waals surface area (Å²) < 4.78 is 18.4. The zero-order valence-electron chi connectivity index (χ0n) is 14.6. The fourth-order valence-corrected chi connectivity index (χ4v) is 2.87. The van der Waals surface area contributed by atoms with Gasteiger partial charge in [-0.1, -0.05) is 0 Å². The van der Waals surface area contributed by atoms with E-state index in [4.69, 9.17) is 13.9 Å². The molecule has 1 aromatic carbocycles. The number of hydrogen-bond acceptors (Lipinski definition) is 6. The lowest BCUT2D eigenvalue weighted by Gasteiger charge is -2.12. The Morgan fingerprint density at radius 3 is 2.81 bits per heavy atom. The second-order valence-electron chi connectivity index (χ2n) is 5.78. The summed E-state index contributed by atoms with van der Waals surface area (Å²) in [7, 11) is 3.03. The number of benzene rings is 1. The van der Waals surface area contributed by atoms with Crippen LogP contribution >= 0.6 is 0 Å². The number of rotatable bonds is 5. The molecule has 3 aromatic heterocycles. The SMILES string of the molecule is COc1ccc(NC(=O)Cn2ncn3c(cc4occc43)c2=O)c(OC)c1. The van der Waals surface area contributed by atoms with E-state index >= 15 is 0 Å². The molecule has 138 valence electrons. The highest BCUT2D eigenvalue weighted by atomic mass is 16.5. The topological polar surface area (TPSA) is 100 Å². The van der Waals surface area contributed by atoms with Crippen molar-refractivity contribution in [1.82, 2.24) is 14.2 Å². The van der Waals surface area contributed by atoms with Crippen LogP contribution in [0.25, 0.3) is 16.6 Å². The molecule has 0 atom stereocenters. The molecule has 0 bridgehead atoms. The van der Waals surface area contributed by atoms with E-state index in [2.05, 4.69) is 10.4 Å². The molecule has 0 aliphatic rings. The van der Waals surface area contributed by atoms with E-state index in [1.807, 2.05) is 0 Å². The van der Waals surface area contributed by atoms with Gasteiger partial charge in [-0.2, -0.15) is 5.10 Å². The van der Waals surface area contributed by atoms with Gasteiger partial charge < -0.3 is 19.2 Å². The number of carbonyl (C=O) groups excluding carboxylic acids is 1. The molecule has 0 radical (unpaired) electrons. The van der Waals surface area contributed by atoms with Gasteiger partial charge >= 0.3 is 0 Å². The van der Waals surface area contributed by atoms with Crippen molar-refractivity contribution in [2.24, 2.45) is 0 Å². The predicted octanol–water partition coefficient (Wildman–Crippen LogP) is 1.90. The van der Waals surface area contributed by atoms with E-state index < -0.39 is 5.91 Å².